The van der Waals surface area contributed by atoms with Gasteiger partial charge in [0.25, 0.3) is 11.8 Å². The predicted molar refractivity (Wildman–Crippen MR) is 134 cm³/mol. The van der Waals surface area contributed by atoms with E-state index in [2.05, 4.69) is 5.32 Å². The van der Waals surface area contributed by atoms with Crippen LogP contribution in [0.1, 0.15) is 33.2 Å². The maximum absolute atomic E-state index is 15.4. The lowest BCUT2D eigenvalue weighted by molar-refractivity contribution is -0.138. The fraction of sp³-hybridized carbons (Fsp3) is 0.259. The number of hydrogen-bond donors (Lipinski definition) is 2. The van der Waals surface area contributed by atoms with Crippen LogP contribution in [-0.4, -0.2) is 49.4 Å². The predicted octanol–water partition coefficient (Wildman–Crippen LogP) is 5.42. The van der Waals surface area contributed by atoms with Crippen molar-refractivity contribution < 1.29 is 40.3 Å². The minimum atomic E-state index is -5.07. The number of amides is 2. The molecule has 6 nitrogen and oxygen atoms in total. The lowest BCUT2D eigenvalue weighted by Gasteiger charge is -2.39. The molecule has 13 heteroatoms. The Morgan fingerprint density at radius 2 is 1.60 bits per heavy atom. The zero-order chi connectivity index (χ0) is 29.5. The van der Waals surface area contributed by atoms with Crippen LogP contribution in [0.2, 0.25) is 0 Å². The van der Waals surface area contributed by atoms with E-state index in [1.54, 1.807) is 4.90 Å². The Morgan fingerprint density at radius 3 is 2.23 bits per heavy atom. The fourth-order valence-corrected chi connectivity index (χ4v) is 4.48. The molecule has 0 bridgehead atoms. The molecule has 1 aliphatic rings. The molecule has 1 fully saturated rings. The summed E-state index contributed by atoms with van der Waals surface area (Å²) in [6.45, 7) is 3.12. The number of nitrogens with two attached hydrogens (primary N) is 1. The van der Waals surface area contributed by atoms with E-state index in [0.717, 1.165) is 24.3 Å². The quantitative estimate of drug-likeness (QED) is 0.403. The molecule has 40 heavy (non-hydrogen) atoms. The Bertz CT molecular complexity index is 1490. The number of carbonyl (C=O) groups is 2. The molecular weight excluding hydrogens is 545 g/mol. The van der Waals surface area contributed by atoms with Crippen molar-refractivity contribution >= 4 is 23.2 Å². The first-order valence-corrected chi connectivity index (χ1v) is 11.9. The van der Waals surface area contributed by atoms with Gasteiger partial charge in [-0.1, -0.05) is 6.07 Å². The van der Waals surface area contributed by atoms with Crippen molar-refractivity contribution in [3.05, 3.63) is 82.4 Å². The summed E-state index contributed by atoms with van der Waals surface area (Å²) in [7, 11) is 1.87. The number of anilines is 2. The smallest absolute Gasteiger partial charge is 0.367 e. The van der Waals surface area contributed by atoms with E-state index in [1.807, 2.05) is 18.9 Å². The molecule has 3 aromatic rings. The topological polar surface area (TPSA) is 78.7 Å². The van der Waals surface area contributed by atoms with E-state index in [1.165, 1.54) is 0 Å². The van der Waals surface area contributed by atoms with Crippen molar-refractivity contribution in [1.82, 2.24) is 4.90 Å². The average molecular weight is 568 g/mol. The van der Waals surface area contributed by atoms with Crippen LogP contribution < -0.4 is 16.0 Å². The van der Waals surface area contributed by atoms with Crippen LogP contribution in [0.4, 0.5) is 42.1 Å². The molecular formula is C27H23F7N4O2. The van der Waals surface area contributed by atoms with Gasteiger partial charge in [-0.15, -0.1) is 0 Å². The Kier molecular flexibility index (Phi) is 7.79. The highest BCUT2D eigenvalue weighted by Crippen LogP contribution is 2.38. The van der Waals surface area contributed by atoms with Crippen molar-refractivity contribution in [2.45, 2.75) is 19.1 Å². The second kappa shape index (κ2) is 10.8. The molecule has 212 valence electrons. The number of primary amides is 1. The van der Waals surface area contributed by atoms with E-state index in [0.29, 0.717) is 31.8 Å². The maximum Gasteiger partial charge on any atom is 0.417 e. The number of halogens is 7. The standard InChI is InChI=1S/C27H23F7N4O2/c1-13-12-38(8-7-37(13)2)22-11-20(29)18(15-5-6-17(25(35)39)24(31)23(15)30)10-21(22)36-26(40)16-4-3-14(28)9-19(16)27(32,33)34/h3-6,9-11,13H,7-8,12H2,1-2H3,(H2,35,39)(H,36,40)/t13-/m1/s1. The molecule has 1 heterocycles. The van der Waals surface area contributed by atoms with Gasteiger partial charge in [0.15, 0.2) is 11.6 Å². The molecule has 0 aliphatic carbocycles. The molecule has 0 aromatic heterocycles. The van der Waals surface area contributed by atoms with Crippen LogP contribution in [0, 0.1) is 23.3 Å². The fourth-order valence-electron chi connectivity index (χ4n) is 4.48. The van der Waals surface area contributed by atoms with Crippen LogP contribution in [0.5, 0.6) is 0 Å². The third-order valence-electron chi connectivity index (χ3n) is 6.80. The number of hydrogen-bond acceptors (Lipinski definition) is 4. The number of nitrogens with one attached hydrogen (secondary N) is 1. The first-order valence-electron chi connectivity index (χ1n) is 11.9. The first kappa shape index (κ1) is 28.9. The Hall–Kier alpha value is -4.13. The third-order valence-corrected chi connectivity index (χ3v) is 6.80. The molecule has 4 rings (SSSR count). The zero-order valence-electron chi connectivity index (χ0n) is 21.2. The third kappa shape index (κ3) is 5.60. The summed E-state index contributed by atoms with van der Waals surface area (Å²) in [6.07, 6.45) is -5.07. The van der Waals surface area contributed by atoms with Crippen LogP contribution in [0.25, 0.3) is 11.1 Å². The molecule has 0 radical (unpaired) electrons. The van der Waals surface area contributed by atoms with Crippen molar-refractivity contribution in [2.75, 3.05) is 36.9 Å². The van der Waals surface area contributed by atoms with Gasteiger partial charge in [-0.2, -0.15) is 13.2 Å². The van der Waals surface area contributed by atoms with Crippen molar-refractivity contribution in [3.63, 3.8) is 0 Å². The second-order valence-corrected chi connectivity index (χ2v) is 9.42. The number of alkyl halides is 3. The number of carbonyl (C=O) groups excluding carboxylic acids is 2. The van der Waals surface area contributed by atoms with Crippen LogP contribution in [0.15, 0.2) is 42.5 Å². The average Bonchev–Trinajstić information content (AvgIpc) is 2.87. The van der Waals surface area contributed by atoms with Gasteiger partial charge in [-0.25, -0.2) is 17.6 Å². The normalized spacial score (nSPS) is 16.2. The molecule has 2 amide bonds. The van der Waals surface area contributed by atoms with Gasteiger partial charge in [-0.05, 0) is 50.4 Å². The number of nitrogens with zero attached hydrogens (tertiary/aromatic N) is 2. The summed E-state index contributed by atoms with van der Waals surface area (Å²) in [5.41, 5.74) is 0.557. The summed E-state index contributed by atoms with van der Waals surface area (Å²) < 4.78 is 99.1. The van der Waals surface area contributed by atoms with Gasteiger partial charge in [0.05, 0.1) is 28.1 Å². The van der Waals surface area contributed by atoms with Crippen LogP contribution in [0.3, 0.4) is 0 Å². The van der Waals surface area contributed by atoms with Crippen molar-refractivity contribution in [1.29, 1.82) is 0 Å². The summed E-state index contributed by atoms with van der Waals surface area (Å²) in [5, 5.41) is 2.31. The number of piperazine rings is 1. The largest absolute Gasteiger partial charge is 0.417 e. The number of likely N-dealkylation sites (N-methyl/N-ethyl adjacent to an activating group) is 1. The molecule has 1 atom stereocenters. The molecule has 0 saturated carbocycles. The minimum absolute atomic E-state index is 0.0261. The van der Waals surface area contributed by atoms with Gasteiger partial charge in [0, 0.05) is 36.8 Å². The van der Waals surface area contributed by atoms with E-state index in [-0.39, 0.29) is 23.5 Å². The summed E-state index contributed by atoms with van der Waals surface area (Å²) in [4.78, 5) is 28.2. The molecule has 3 aromatic carbocycles. The summed E-state index contributed by atoms with van der Waals surface area (Å²) in [5.74, 6) is -7.99. The highest BCUT2D eigenvalue weighted by atomic mass is 19.4. The zero-order valence-corrected chi connectivity index (χ0v) is 21.2. The summed E-state index contributed by atoms with van der Waals surface area (Å²) >= 11 is 0. The van der Waals surface area contributed by atoms with Gasteiger partial charge in [-0.3, -0.25) is 9.59 Å². The Labute approximate surface area is 224 Å². The van der Waals surface area contributed by atoms with Gasteiger partial charge in [0.2, 0.25) is 0 Å². The lowest BCUT2D eigenvalue weighted by Crippen LogP contribution is -2.50. The maximum atomic E-state index is 15.4. The van der Waals surface area contributed by atoms with Crippen molar-refractivity contribution in [2.24, 2.45) is 5.73 Å². The number of rotatable bonds is 5. The van der Waals surface area contributed by atoms with Gasteiger partial charge >= 0.3 is 6.18 Å². The van der Waals surface area contributed by atoms with Gasteiger partial charge < -0.3 is 20.9 Å². The summed E-state index contributed by atoms with van der Waals surface area (Å²) in [6, 6.07) is 5.19. The highest BCUT2D eigenvalue weighted by Gasteiger charge is 2.36. The van der Waals surface area contributed by atoms with Crippen molar-refractivity contribution in [3.8, 4) is 11.1 Å². The highest BCUT2D eigenvalue weighted by molar-refractivity contribution is 6.07. The Balaban J connectivity index is 1.85. The minimum Gasteiger partial charge on any atom is -0.367 e. The lowest BCUT2D eigenvalue weighted by atomic mass is 9.99. The SMILES string of the molecule is C[C@@H]1CN(c2cc(F)c(-c3ccc(C(N)=O)c(F)c3F)cc2NC(=O)c2ccc(F)cc2C(F)(F)F)CCN1C. The molecule has 1 saturated heterocycles. The monoisotopic (exact) mass is 568 g/mol. The van der Waals surface area contributed by atoms with E-state index < -0.39 is 69.1 Å². The van der Waals surface area contributed by atoms with E-state index >= 15 is 4.39 Å². The van der Waals surface area contributed by atoms with Crippen LogP contribution in [-0.2, 0) is 6.18 Å². The Morgan fingerprint density at radius 1 is 0.925 bits per heavy atom. The number of benzene rings is 3. The molecule has 0 spiro atoms. The first-order chi connectivity index (χ1) is 18.7. The molecule has 1 aliphatic heterocycles. The van der Waals surface area contributed by atoms with Crippen LogP contribution >= 0.6 is 0 Å². The second-order valence-electron chi connectivity index (χ2n) is 9.42. The van der Waals surface area contributed by atoms with E-state index in [4.69, 9.17) is 5.73 Å². The van der Waals surface area contributed by atoms with Gasteiger partial charge in [0.1, 0.15) is 11.6 Å². The van der Waals surface area contributed by atoms with E-state index in [9.17, 15) is 35.9 Å². The molecule has 0 unspecified atom stereocenters. The molecule has 3 N–H and O–H groups in total.